The SMILES string of the molecule is N#Cc1cccc(Nc2cc(C(=O)Nc3ccc(N4CCCC4)cc3)ccn2)c1. The van der Waals surface area contributed by atoms with Gasteiger partial charge in [0.1, 0.15) is 5.82 Å². The fraction of sp³-hybridized carbons (Fsp3) is 0.174. The largest absolute Gasteiger partial charge is 0.372 e. The second kappa shape index (κ2) is 8.44. The quantitative estimate of drug-likeness (QED) is 0.676. The molecule has 3 aromatic rings. The van der Waals surface area contributed by atoms with Crippen LogP contribution in [0.4, 0.5) is 22.9 Å². The van der Waals surface area contributed by atoms with E-state index in [1.165, 1.54) is 18.5 Å². The minimum Gasteiger partial charge on any atom is -0.372 e. The van der Waals surface area contributed by atoms with Crippen LogP contribution >= 0.6 is 0 Å². The lowest BCUT2D eigenvalue weighted by Crippen LogP contribution is -2.17. The Balaban J connectivity index is 1.43. The number of carbonyl (C=O) groups excluding carboxylic acids is 1. The van der Waals surface area contributed by atoms with Crippen molar-refractivity contribution in [2.24, 2.45) is 0 Å². The normalized spacial score (nSPS) is 13.0. The maximum atomic E-state index is 12.6. The van der Waals surface area contributed by atoms with E-state index in [0.717, 1.165) is 24.5 Å². The summed E-state index contributed by atoms with van der Waals surface area (Å²) in [7, 11) is 0. The topological polar surface area (TPSA) is 81.0 Å². The maximum absolute atomic E-state index is 12.6. The van der Waals surface area contributed by atoms with Crippen LogP contribution in [-0.2, 0) is 0 Å². The number of nitrogens with zero attached hydrogens (tertiary/aromatic N) is 3. The molecule has 1 amide bonds. The van der Waals surface area contributed by atoms with Gasteiger partial charge in [-0.3, -0.25) is 4.79 Å². The molecule has 0 atom stereocenters. The van der Waals surface area contributed by atoms with Crippen molar-refractivity contribution in [3.05, 3.63) is 78.0 Å². The van der Waals surface area contributed by atoms with Gasteiger partial charge < -0.3 is 15.5 Å². The molecule has 0 radical (unpaired) electrons. The minimum atomic E-state index is -0.199. The third-order valence-electron chi connectivity index (χ3n) is 4.88. The molecule has 1 aliphatic heterocycles. The molecule has 0 bridgehead atoms. The summed E-state index contributed by atoms with van der Waals surface area (Å²) in [5, 5.41) is 15.1. The van der Waals surface area contributed by atoms with Crippen molar-refractivity contribution in [1.29, 1.82) is 5.26 Å². The van der Waals surface area contributed by atoms with Crippen LogP contribution in [-0.4, -0.2) is 24.0 Å². The number of amides is 1. The van der Waals surface area contributed by atoms with E-state index in [9.17, 15) is 4.79 Å². The molecule has 1 fully saturated rings. The Morgan fingerprint density at radius 1 is 1.00 bits per heavy atom. The number of hydrogen-bond donors (Lipinski definition) is 2. The van der Waals surface area contributed by atoms with Crippen LogP contribution in [0.1, 0.15) is 28.8 Å². The first-order valence-corrected chi connectivity index (χ1v) is 9.61. The third-order valence-corrected chi connectivity index (χ3v) is 4.88. The molecule has 29 heavy (non-hydrogen) atoms. The summed E-state index contributed by atoms with van der Waals surface area (Å²) in [4.78, 5) is 19.3. The fourth-order valence-corrected chi connectivity index (χ4v) is 3.39. The zero-order valence-corrected chi connectivity index (χ0v) is 15.9. The lowest BCUT2D eigenvalue weighted by molar-refractivity contribution is 0.102. The van der Waals surface area contributed by atoms with Gasteiger partial charge in [0, 0.05) is 41.9 Å². The lowest BCUT2D eigenvalue weighted by atomic mass is 10.2. The van der Waals surface area contributed by atoms with E-state index < -0.39 is 0 Å². The fourth-order valence-electron chi connectivity index (χ4n) is 3.39. The van der Waals surface area contributed by atoms with Crippen LogP contribution in [0.15, 0.2) is 66.9 Å². The van der Waals surface area contributed by atoms with Crippen LogP contribution in [0.3, 0.4) is 0 Å². The highest BCUT2D eigenvalue weighted by Gasteiger charge is 2.13. The van der Waals surface area contributed by atoms with Crippen molar-refractivity contribution in [1.82, 2.24) is 4.98 Å². The first-order chi connectivity index (χ1) is 14.2. The van der Waals surface area contributed by atoms with Gasteiger partial charge in [-0.1, -0.05) is 6.07 Å². The Bertz CT molecular complexity index is 1050. The maximum Gasteiger partial charge on any atom is 0.255 e. The van der Waals surface area contributed by atoms with E-state index >= 15 is 0 Å². The minimum absolute atomic E-state index is 0.199. The van der Waals surface area contributed by atoms with Crippen molar-refractivity contribution in [2.75, 3.05) is 28.6 Å². The van der Waals surface area contributed by atoms with Gasteiger partial charge in [-0.15, -0.1) is 0 Å². The second-order valence-electron chi connectivity index (χ2n) is 6.94. The average Bonchev–Trinajstić information content (AvgIpc) is 3.29. The van der Waals surface area contributed by atoms with Crippen molar-refractivity contribution in [3.8, 4) is 6.07 Å². The summed E-state index contributed by atoms with van der Waals surface area (Å²) in [6.45, 7) is 2.19. The summed E-state index contributed by atoms with van der Waals surface area (Å²) in [6, 6.07) is 20.5. The standard InChI is InChI=1S/C23H21N5O/c24-16-17-4-3-5-20(14-17)26-22-15-18(10-11-25-22)23(29)27-19-6-8-21(9-7-19)28-12-1-2-13-28/h3-11,14-15H,1-2,12-13H2,(H,25,26)(H,27,29). The predicted molar refractivity (Wildman–Crippen MR) is 115 cm³/mol. The number of benzene rings is 2. The Morgan fingerprint density at radius 2 is 1.79 bits per heavy atom. The van der Waals surface area contributed by atoms with Gasteiger partial charge >= 0.3 is 0 Å². The van der Waals surface area contributed by atoms with Crippen LogP contribution in [0.5, 0.6) is 0 Å². The third kappa shape index (κ3) is 4.53. The van der Waals surface area contributed by atoms with Crippen molar-refractivity contribution >= 4 is 28.8 Å². The molecule has 0 aliphatic carbocycles. The monoisotopic (exact) mass is 383 g/mol. The summed E-state index contributed by atoms with van der Waals surface area (Å²) >= 11 is 0. The predicted octanol–water partition coefficient (Wildman–Crippen LogP) is 4.55. The number of nitrogens with one attached hydrogen (secondary N) is 2. The second-order valence-corrected chi connectivity index (χ2v) is 6.94. The van der Waals surface area contributed by atoms with Gasteiger partial charge in [0.25, 0.3) is 5.91 Å². The molecule has 0 saturated carbocycles. The molecule has 1 aliphatic rings. The number of hydrogen-bond acceptors (Lipinski definition) is 5. The molecule has 144 valence electrons. The molecule has 2 aromatic carbocycles. The summed E-state index contributed by atoms with van der Waals surface area (Å²) < 4.78 is 0. The number of rotatable bonds is 5. The van der Waals surface area contributed by atoms with Crippen LogP contribution < -0.4 is 15.5 Å². The molecule has 2 heterocycles. The van der Waals surface area contributed by atoms with Gasteiger partial charge in [-0.25, -0.2) is 4.98 Å². The molecule has 0 unspecified atom stereocenters. The van der Waals surface area contributed by atoms with E-state index in [2.05, 4.69) is 26.6 Å². The van der Waals surface area contributed by atoms with Gasteiger partial charge in [0.05, 0.1) is 11.6 Å². The van der Waals surface area contributed by atoms with E-state index in [0.29, 0.717) is 16.9 Å². The summed E-state index contributed by atoms with van der Waals surface area (Å²) in [5.74, 6) is 0.340. The number of pyridine rings is 1. The highest BCUT2D eigenvalue weighted by molar-refractivity contribution is 6.04. The Labute approximate surface area is 169 Å². The van der Waals surface area contributed by atoms with Crippen LogP contribution in [0.2, 0.25) is 0 Å². The molecule has 1 saturated heterocycles. The molecule has 0 spiro atoms. The van der Waals surface area contributed by atoms with Crippen LogP contribution in [0.25, 0.3) is 0 Å². The molecular weight excluding hydrogens is 362 g/mol. The molecule has 6 heteroatoms. The van der Waals surface area contributed by atoms with Crippen molar-refractivity contribution in [2.45, 2.75) is 12.8 Å². The zero-order chi connectivity index (χ0) is 20.1. The van der Waals surface area contributed by atoms with Gasteiger partial charge in [-0.2, -0.15) is 5.26 Å². The highest BCUT2D eigenvalue weighted by Crippen LogP contribution is 2.23. The average molecular weight is 383 g/mol. The van der Waals surface area contributed by atoms with E-state index in [1.807, 2.05) is 30.3 Å². The van der Waals surface area contributed by atoms with Gasteiger partial charge in [-0.05, 0) is 67.4 Å². The van der Waals surface area contributed by atoms with E-state index in [-0.39, 0.29) is 5.91 Å². The Morgan fingerprint density at radius 3 is 2.55 bits per heavy atom. The summed E-state index contributed by atoms with van der Waals surface area (Å²) in [6.07, 6.45) is 4.05. The smallest absolute Gasteiger partial charge is 0.255 e. The molecule has 6 nitrogen and oxygen atoms in total. The molecule has 2 N–H and O–H groups in total. The Kier molecular flexibility index (Phi) is 5.39. The van der Waals surface area contributed by atoms with Crippen molar-refractivity contribution < 1.29 is 4.79 Å². The first kappa shape index (κ1) is 18.5. The first-order valence-electron chi connectivity index (χ1n) is 9.61. The van der Waals surface area contributed by atoms with Gasteiger partial charge in [0.15, 0.2) is 0 Å². The van der Waals surface area contributed by atoms with E-state index in [1.54, 1.807) is 36.5 Å². The molecule has 4 rings (SSSR count). The highest BCUT2D eigenvalue weighted by atomic mass is 16.1. The number of anilines is 4. The molecular formula is C23H21N5O. The molecule has 1 aromatic heterocycles. The number of nitriles is 1. The summed E-state index contributed by atoms with van der Waals surface area (Å²) in [5.41, 5.74) is 3.75. The van der Waals surface area contributed by atoms with E-state index in [4.69, 9.17) is 5.26 Å². The Hall–Kier alpha value is -3.85. The number of carbonyl (C=O) groups is 1. The lowest BCUT2D eigenvalue weighted by Gasteiger charge is -2.17. The van der Waals surface area contributed by atoms with Gasteiger partial charge in [0.2, 0.25) is 0 Å². The zero-order valence-electron chi connectivity index (χ0n) is 15.9. The van der Waals surface area contributed by atoms with Crippen molar-refractivity contribution in [3.63, 3.8) is 0 Å². The van der Waals surface area contributed by atoms with Crippen LogP contribution in [0, 0.1) is 11.3 Å². The number of aromatic nitrogens is 1.